The maximum absolute atomic E-state index is 11.4. The van der Waals surface area contributed by atoms with Crippen molar-refractivity contribution in [2.45, 2.75) is 26.4 Å². The van der Waals surface area contributed by atoms with Gasteiger partial charge < -0.3 is 15.2 Å². The predicted octanol–water partition coefficient (Wildman–Crippen LogP) is 0.627. The van der Waals surface area contributed by atoms with E-state index in [0.29, 0.717) is 0 Å². The summed E-state index contributed by atoms with van der Waals surface area (Å²) in [5.41, 5.74) is 1.07. The molecular formula is C12H18N4O. The second kappa shape index (κ2) is 7.47. The van der Waals surface area contributed by atoms with Gasteiger partial charge in [-0.15, -0.1) is 0 Å². The summed E-state index contributed by atoms with van der Waals surface area (Å²) in [4.78, 5) is 11.4. The number of nitrogens with zero attached hydrogens (tertiary/aromatic N) is 2. The van der Waals surface area contributed by atoms with Crippen molar-refractivity contribution in [3.8, 4) is 6.07 Å². The molecule has 0 fully saturated rings. The van der Waals surface area contributed by atoms with Crippen molar-refractivity contribution in [1.82, 2.24) is 15.2 Å². The molecule has 1 aromatic rings. The van der Waals surface area contributed by atoms with Gasteiger partial charge in [-0.25, -0.2) is 0 Å². The van der Waals surface area contributed by atoms with Gasteiger partial charge in [0.2, 0.25) is 5.91 Å². The van der Waals surface area contributed by atoms with Crippen LogP contribution in [0.2, 0.25) is 0 Å². The first-order valence-corrected chi connectivity index (χ1v) is 5.76. The Morgan fingerprint density at radius 2 is 2.41 bits per heavy atom. The van der Waals surface area contributed by atoms with Crippen molar-refractivity contribution in [2.24, 2.45) is 0 Å². The molecule has 1 heterocycles. The number of aromatic nitrogens is 1. The second-order valence-electron chi connectivity index (χ2n) is 3.74. The lowest BCUT2D eigenvalue weighted by molar-refractivity contribution is -0.121. The summed E-state index contributed by atoms with van der Waals surface area (Å²) in [6, 6.07) is 5.78. The van der Waals surface area contributed by atoms with Gasteiger partial charge >= 0.3 is 0 Å². The first kappa shape index (κ1) is 13.3. The number of carbonyl (C=O) groups excluding carboxylic acids is 1. The molecule has 0 aliphatic rings. The van der Waals surface area contributed by atoms with Crippen LogP contribution in [0.5, 0.6) is 0 Å². The van der Waals surface area contributed by atoms with Gasteiger partial charge in [0, 0.05) is 18.4 Å². The minimum absolute atomic E-state index is 0.0590. The number of nitrogens with one attached hydrogen (secondary N) is 2. The Bertz CT molecular complexity index is 391. The van der Waals surface area contributed by atoms with Crippen LogP contribution in [0.15, 0.2) is 18.3 Å². The molecule has 0 aliphatic carbocycles. The Labute approximate surface area is 101 Å². The zero-order chi connectivity index (χ0) is 12.5. The summed E-state index contributed by atoms with van der Waals surface area (Å²) in [5, 5.41) is 14.2. The van der Waals surface area contributed by atoms with E-state index < -0.39 is 0 Å². The summed E-state index contributed by atoms with van der Waals surface area (Å²) in [7, 11) is 0. The number of carbonyl (C=O) groups is 1. The molecule has 5 nitrogen and oxygen atoms in total. The molecule has 5 heteroatoms. The van der Waals surface area contributed by atoms with Crippen LogP contribution in [-0.2, 0) is 17.9 Å². The third-order valence-corrected chi connectivity index (χ3v) is 2.33. The Balaban J connectivity index is 2.45. The number of amides is 1. The fourth-order valence-corrected chi connectivity index (χ4v) is 1.51. The third-order valence-electron chi connectivity index (χ3n) is 2.33. The Hall–Kier alpha value is -1.80. The fourth-order valence-electron chi connectivity index (χ4n) is 1.51. The van der Waals surface area contributed by atoms with Crippen LogP contribution in [-0.4, -0.2) is 23.6 Å². The molecule has 92 valence electrons. The van der Waals surface area contributed by atoms with Crippen LogP contribution < -0.4 is 10.6 Å². The van der Waals surface area contributed by atoms with Crippen molar-refractivity contribution in [3.63, 3.8) is 0 Å². The van der Waals surface area contributed by atoms with Gasteiger partial charge in [-0.1, -0.05) is 6.92 Å². The van der Waals surface area contributed by atoms with Crippen LogP contribution >= 0.6 is 0 Å². The minimum Gasteiger partial charge on any atom is -0.341 e. The molecule has 1 aromatic heterocycles. The zero-order valence-electron chi connectivity index (χ0n) is 10.1. The van der Waals surface area contributed by atoms with Gasteiger partial charge in [-0.05, 0) is 25.1 Å². The van der Waals surface area contributed by atoms with Crippen molar-refractivity contribution >= 4 is 5.91 Å². The van der Waals surface area contributed by atoms with E-state index in [4.69, 9.17) is 5.26 Å². The molecule has 0 bridgehead atoms. The number of rotatable bonds is 7. The van der Waals surface area contributed by atoms with Crippen LogP contribution in [0.25, 0.3) is 0 Å². The van der Waals surface area contributed by atoms with Gasteiger partial charge in [-0.2, -0.15) is 5.26 Å². The average Bonchev–Trinajstić information content (AvgIpc) is 2.74. The molecule has 0 unspecified atom stereocenters. The SMILES string of the molecule is CCCNCc1cccn1CC(=O)NCC#N. The molecule has 17 heavy (non-hydrogen) atoms. The predicted molar refractivity (Wildman–Crippen MR) is 65.1 cm³/mol. The highest BCUT2D eigenvalue weighted by atomic mass is 16.1. The van der Waals surface area contributed by atoms with E-state index in [1.54, 1.807) is 0 Å². The summed E-state index contributed by atoms with van der Waals surface area (Å²) in [6.45, 7) is 4.15. The molecule has 1 rings (SSSR count). The first-order chi connectivity index (χ1) is 8.27. The molecule has 0 saturated heterocycles. The largest absolute Gasteiger partial charge is 0.341 e. The monoisotopic (exact) mass is 234 g/mol. The van der Waals surface area contributed by atoms with Crippen LogP contribution in [0.1, 0.15) is 19.0 Å². The van der Waals surface area contributed by atoms with Crippen LogP contribution in [0, 0.1) is 11.3 Å². The standard InChI is InChI=1S/C12H18N4O/c1-2-6-14-9-11-4-3-8-16(11)10-12(17)15-7-5-13/h3-4,8,14H,2,6-7,9-10H2,1H3,(H,15,17). The highest BCUT2D eigenvalue weighted by Crippen LogP contribution is 2.01. The highest BCUT2D eigenvalue weighted by molar-refractivity contribution is 5.76. The van der Waals surface area contributed by atoms with Gasteiger partial charge in [0.1, 0.15) is 13.1 Å². The third kappa shape index (κ3) is 4.70. The quantitative estimate of drug-likeness (QED) is 0.537. The molecule has 0 aliphatic heterocycles. The maximum Gasteiger partial charge on any atom is 0.240 e. The van der Waals surface area contributed by atoms with Crippen LogP contribution in [0.4, 0.5) is 0 Å². The topological polar surface area (TPSA) is 69.8 Å². The molecule has 1 amide bonds. The van der Waals surface area contributed by atoms with Gasteiger partial charge in [0.05, 0.1) is 6.07 Å². The molecule has 0 atom stereocenters. The maximum atomic E-state index is 11.4. The highest BCUT2D eigenvalue weighted by Gasteiger charge is 2.05. The van der Waals surface area contributed by atoms with Gasteiger partial charge in [0.25, 0.3) is 0 Å². The van der Waals surface area contributed by atoms with E-state index in [1.807, 2.05) is 29.0 Å². The molecule has 2 N–H and O–H groups in total. The molecule has 0 spiro atoms. The van der Waals surface area contributed by atoms with Gasteiger partial charge in [-0.3, -0.25) is 4.79 Å². The zero-order valence-corrected chi connectivity index (χ0v) is 10.1. The van der Waals surface area contributed by atoms with E-state index in [0.717, 1.165) is 25.2 Å². The van der Waals surface area contributed by atoms with Crippen LogP contribution in [0.3, 0.4) is 0 Å². The number of hydrogen-bond donors (Lipinski definition) is 2. The van der Waals surface area contributed by atoms with E-state index in [1.165, 1.54) is 0 Å². The van der Waals surface area contributed by atoms with Gasteiger partial charge in [0.15, 0.2) is 0 Å². The Morgan fingerprint density at radius 3 is 3.12 bits per heavy atom. The van der Waals surface area contributed by atoms with Crippen molar-refractivity contribution in [2.75, 3.05) is 13.1 Å². The van der Waals surface area contributed by atoms with Crippen molar-refractivity contribution < 1.29 is 4.79 Å². The minimum atomic E-state index is -0.139. The normalized spacial score (nSPS) is 9.88. The number of hydrogen-bond acceptors (Lipinski definition) is 3. The average molecular weight is 234 g/mol. The van der Waals surface area contributed by atoms with Crippen molar-refractivity contribution in [1.29, 1.82) is 5.26 Å². The van der Waals surface area contributed by atoms with E-state index >= 15 is 0 Å². The van der Waals surface area contributed by atoms with E-state index in [-0.39, 0.29) is 19.0 Å². The smallest absolute Gasteiger partial charge is 0.240 e. The lowest BCUT2D eigenvalue weighted by Gasteiger charge is -2.09. The van der Waals surface area contributed by atoms with E-state index in [2.05, 4.69) is 17.6 Å². The lowest BCUT2D eigenvalue weighted by atomic mass is 10.4. The van der Waals surface area contributed by atoms with E-state index in [9.17, 15) is 4.79 Å². The Kier molecular flexibility index (Phi) is 5.83. The summed E-state index contributed by atoms with van der Waals surface area (Å²) in [5.74, 6) is -0.139. The Morgan fingerprint density at radius 1 is 1.59 bits per heavy atom. The fraction of sp³-hybridized carbons (Fsp3) is 0.500. The molecule has 0 saturated carbocycles. The lowest BCUT2D eigenvalue weighted by Crippen LogP contribution is -2.28. The first-order valence-electron chi connectivity index (χ1n) is 5.76. The molecular weight excluding hydrogens is 216 g/mol. The molecule has 0 aromatic carbocycles. The summed E-state index contributed by atoms with van der Waals surface area (Å²) >= 11 is 0. The summed E-state index contributed by atoms with van der Waals surface area (Å²) in [6.07, 6.45) is 2.96. The molecule has 0 radical (unpaired) electrons. The summed E-state index contributed by atoms with van der Waals surface area (Å²) < 4.78 is 1.88. The second-order valence-corrected chi connectivity index (χ2v) is 3.74. The van der Waals surface area contributed by atoms with Crippen molar-refractivity contribution in [3.05, 3.63) is 24.0 Å². The number of nitriles is 1.